The van der Waals surface area contributed by atoms with Gasteiger partial charge in [-0.3, -0.25) is 4.79 Å². The molecular formula is C16H14F3NO2. The van der Waals surface area contributed by atoms with Gasteiger partial charge < -0.3 is 10.1 Å². The second-order valence-electron chi connectivity index (χ2n) is 4.73. The second kappa shape index (κ2) is 6.51. The van der Waals surface area contributed by atoms with Crippen molar-refractivity contribution in [2.75, 3.05) is 11.9 Å². The van der Waals surface area contributed by atoms with E-state index >= 15 is 0 Å². The number of carbonyl (C=O) groups excluding carboxylic acids is 1. The number of hydrogen-bond donors (Lipinski definition) is 1. The highest BCUT2D eigenvalue weighted by atomic mass is 19.4. The number of carbonyl (C=O) groups is 1. The van der Waals surface area contributed by atoms with E-state index in [9.17, 15) is 18.0 Å². The molecule has 0 saturated carbocycles. The normalized spacial score (nSPS) is 11.1. The summed E-state index contributed by atoms with van der Waals surface area (Å²) < 4.78 is 42.4. The van der Waals surface area contributed by atoms with Crippen molar-refractivity contribution in [3.63, 3.8) is 0 Å². The lowest BCUT2D eigenvalue weighted by Crippen LogP contribution is -2.20. The van der Waals surface area contributed by atoms with Gasteiger partial charge in [0.25, 0.3) is 5.91 Å². The van der Waals surface area contributed by atoms with Gasteiger partial charge in [-0.05, 0) is 48.9 Å². The van der Waals surface area contributed by atoms with Crippen LogP contribution in [0.15, 0.2) is 48.5 Å². The molecule has 1 amide bonds. The molecule has 0 aliphatic carbocycles. The van der Waals surface area contributed by atoms with E-state index in [1.54, 1.807) is 12.1 Å². The summed E-state index contributed by atoms with van der Waals surface area (Å²) in [5, 5.41) is 2.64. The van der Waals surface area contributed by atoms with E-state index in [4.69, 9.17) is 4.74 Å². The van der Waals surface area contributed by atoms with Crippen LogP contribution in [0.1, 0.15) is 11.1 Å². The number of amides is 1. The highest BCUT2D eigenvalue weighted by molar-refractivity contribution is 5.91. The molecule has 0 spiro atoms. The van der Waals surface area contributed by atoms with Crippen molar-refractivity contribution < 1.29 is 22.7 Å². The van der Waals surface area contributed by atoms with E-state index in [1.807, 2.05) is 19.1 Å². The van der Waals surface area contributed by atoms with Gasteiger partial charge in [-0.15, -0.1) is 0 Å². The third-order valence-electron chi connectivity index (χ3n) is 2.85. The van der Waals surface area contributed by atoms with Crippen LogP contribution >= 0.6 is 0 Å². The number of aryl methyl sites for hydroxylation is 1. The average molecular weight is 309 g/mol. The molecule has 0 aliphatic rings. The van der Waals surface area contributed by atoms with Gasteiger partial charge in [-0.25, -0.2) is 0 Å². The highest BCUT2D eigenvalue weighted by Gasteiger charge is 2.30. The van der Waals surface area contributed by atoms with Crippen molar-refractivity contribution in [2.24, 2.45) is 0 Å². The summed E-state index contributed by atoms with van der Waals surface area (Å²) in [5.41, 5.74) is 0.881. The highest BCUT2D eigenvalue weighted by Crippen LogP contribution is 2.30. The molecule has 6 heteroatoms. The Bertz CT molecular complexity index is 651. The first kappa shape index (κ1) is 15.9. The molecule has 22 heavy (non-hydrogen) atoms. The fourth-order valence-corrected chi connectivity index (χ4v) is 1.81. The molecule has 3 nitrogen and oxygen atoms in total. The average Bonchev–Trinajstić information content (AvgIpc) is 2.45. The van der Waals surface area contributed by atoms with E-state index in [2.05, 4.69) is 5.32 Å². The molecule has 0 radical (unpaired) electrons. The van der Waals surface area contributed by atoms with Gasteiger partial charge in [0.05, 0.1) is 5.56 Å². The van der Waals surface area contributed by atoms with Crippen LogP contribution < -0.4 is 10.1 Å². The summed E-state index contributed by atoms with van der Waals surface area (Å²) in [4.78, 5) is 11.7. The van der Waals surface area contributed by atoms with Crippen molar-refractivity contribution in [3.8, 4) is 5.75 Å². The third kappa shape index (κ3) is 4.51. The van der Waals surface area contributed by atoms with E-state index < -0.39 is 11.7 Å². The molecule has 116 valence electrons. The molecule has 2 aromatic rings. The molecule has 2 aromatic carbocycles. The summed E-state index contributed by atoms with van der Waals surface area (Å²) in [5.74, 6) is -0.183. The summed E-state index contributed by atoms with van der Waals surface area (Å²) in [6.07, 6.45) is -4.39. The van der Waals surface area contributed by atoms with Gasteiger partial charge >= 0.3 is 6.18 Å². The predicted molar refractivity (Wildman–Crippen MR) is 76.7 cm³/mol. The summed E-state index contributed by atoms with van der Waals surface area (Å²) in [6.45, 7) is 1.62. The van der Waals surface area contributed by atoms with E-state index in [0.717, 1.165) is 17.7 Å². The maximum atomic E-state index is 12.4. The number of alkyl halides is 3. The van der Waals surface area contributed by atoms with Crippen molar-refractivity contribution >= 4 is 11.6 Å². The Morgan fingerprint density at radius 2 is 1.82 bits per heavy atom. The summed E-state index contributed by atoms with van der Waals surface area (Å²) in [6, 6.07) is 11.4. The van der Waals surface area contributed by atoms with Crippen LogP contribution in [0.3, 0.4) is 0 Å². The van der Waals surface area contributed by atoms with Crippen molar-refractivity contribution in [1.82, 2.24) is 0 Å². The van der Waals surface area contributed by atoms with E-state index in [1.165, 1.54) is 12.1 Å². The van der Waals surface area contributed by atoms with Crippen molar-refractivity contribution in [3.05, 3.63) is 59.7 Å². The van der Waals surface area contributed by atoms with Crippen LogP contribution in [0.25, 0.3) is 0 Å². The first-order chi connectivity index (χ1) is 10.3. The van der Waals surface area contributed by atoms with Crippen LogP contribution in [-0.2, 0) is 11.0 Å². The number of nitrogens with one attached hydrogen (secondary N) is 1. The van der Waals surface area contributed by atoms with E-state index in [-0.39, 0.29) is 18.3 Å². The summed E-state index contributed by atoms with van der Waals surface area (Å²) >= 11 is 0. The number of halogens is 3. The quantitative estimate of drug-likeness (QED) is 0.926. The minimum Gasteiger partial charge on any atom is -0.484 e. The third-order valence-corrected chi connectivity index (χ3v) is 2.85. The van der Waals surface area contributed by atoms with Crippen molar-refractivity contribution in [1.29, 1.82) is 0 Å². The predicted octanol–water partition coefficient (Wildman–Crippen LogP) is 4.03. The topological polar surface area (TPSA) is 38.3 Å². The molecule has 0 bridgehead atoms. The standard InChI is InChI=1S/C16H14F3NO2/c1-11-3-2-4-13(9-11)20-15(21)10-22-14-7-5-12(6-8-14)16(17,18)19/h2-9H,10H2,1H3,(H,20,21). The Morgan fingerprint density at radius 3 is 2.41 bits per heavy atom. The molecule has 0 atom stereocenters. The maximum Gasteiger partial charge on any atom is 0.416 e. The lowest BCUT2D eigenvalue weighted by molar-refractivity contribution is -0.137. The van der Waals surface area contributed by atoms with E-state index in [0.29, 0.717) is 5.69 Å². The zero-order valence-electron chi connectivity index (χ0n) is 11.8. The number of benzene rings is 2. The van der Waals surface area contributed by atoms with Gasteiger partial charge in [0, 0.05) is 5.69 Å². The van der Waals surface area contributed by atoms with Crippen LogP contribution in [0.5, 0.6) is 5.75 Å². The van der Waals surface area contributed by atoms with Gasteiger partial charge in [0.15, 0.2) is 6.61 Å². The first-order valence-corrected chi connectivity index (χ1v) is 6.51. The Morgan fingerprint density at radius 1 is 1.14 bits per heavy atom. The molecular weight excluding hydrogens is 295 g/mol. The molecule has 0 aliphatic heterocycles. The van der Waals surface area contributed by atoms with Crippen molar-refractivity contribution in [2.45, 2.75) is 13.1 Å². The van der Waals surface area contributed by atoms with Gasteiger partial charge in [0.1, 0.15) is 5.75 Å². The minimum atomic E-state index is -4.39. The minimum absolute atomic E-state index is 0.201. The zero-order valence-corrected chi connectivity index (χ0v) is 11.8. The maximum absolute atomic E-state index is 12.4. The largest absolute Gasteiger partial charge is 0.484 e. The Labute approximate surface area is 125 Å². The fraction of sp³-hybridized carbons (Fsp3) is 0.188. The number of ether oxygens (including phenoxy) is 1. The number of rotatable bonds is 4. The van der Waals surface area contributed by atoms with Gasteiger partial charge in [0.2, 0.25) is 0 Å². The van der Waals surface area contributed by atoms with Crippen LogP contribution in [-0.4, -0.2) is 12.5 Å². The first-order valence-electron chi connectivity index (χ1n) is 6.51. The molecule has 0 heterocycles. The van der Waals surface area contributed by atoms with Gasteiger partial charge in [-0.2, -0.15) is 13.2 Å². The smallest absolute Gasteiger partial charge is 0.416 e. The molecule has 0 aromatic heterocycles. The Hall–Kier alpha value is -2.50. The van der Waals surface area contributed by atoms with Crippen LogP contribution in [0, 0.1) is 6.92 Å². The fourth-order valence-electron chi connectivity index (χ4n) is 1.81. The van der Waals surface area contributed by atoms with Gasteiger partial charge in [-0.1, -0.05) is 12.1 Å². The van der Waals surface area contributed by atoms with Crippen LogP contribution in [0.2, 0.25) is 0 Å². The molecule has 2 rings (SSSR count). The zero-order chi connectivity index (χ0) is 16.2. The SMILES string of the molecule is Cc1cccc(NC(=O)COc2ccc(C(F)(F)F)cc2)c1. The second-order valence-corrected chi connectivity index (χ2v) is 4.73. The monoisotopic (exact) mass is 309 g/mol. The lowest BCUT2D eigenvalue weighted by atomic mass is 10.2. The Balaban J connectivity index is 1.88. The molecule has 0 fully saturated rings. The number of anilines is 1. The molecule has 0 unspecified atom stereocenters. The Kier molecular flexibility index (Phi) is 4.70. The van der Waals surface area contributed by atoms with Crippen LogP contribution in [0.4, 0.5) is 18.9 Å². The summed E-state index contributed by atoms with van der Waals surface area (Å²) in [7, 11) is 0. The molecule has 1 N–H and O–H groups in total. The molecule has 0 saturated heterocycles. The number of hydrogen-bond acceptors (Lipinski definition) is 2. The lowest BCUT2D eigenvalue weighted by Gasteiger charge is -2.10.